The Morgan fingerprint density at radius 1 is 1.10 bits per heavy atom. The molecule has 0 saturated carbocycles. The van der Waals surface area contributed by atoms with Crippen LogP contribution in [-0.4, -0.2) is 11.7 Å². The fraction of sp³-hybridized carbons (Fsp3) is 0.200. The number of aliphatic hydroxyl groups excluding tert-OH is 1. The lowest BCUT2D eigenvalue weighted by Gasteiger charge is -2.14. The van der Waals surface area contributed by atoms with Crippen LogP contribution in [-0.2, 0) is 6.18 Å². The van der Waals surface area contributed by atoms with Crippen LogP contribution < -0.4 is 5.32 Å². The number of rotatable bonds is 4. The zero-order chi connectivity index (χ0) is 15.5. The Bertz CT molecular complexity index is 599. The van der Waals surface area contributed by atoms with Gasteiger partial charge in [0.05, 0.1) is 11.7 Å². The molecule has 2 rings (SSSR count). The van der Waals surface area contributed by atoms with E-state index < -0.39 is 17.8 Å². The fourth-order valence-corrected chi connectivity index (χ4v) is 2.02. The number of aliphatic hydroxyl groups is 1. The molecule has 0 aromatic heterocycles. The molecule has 2 nitrogen and oxygen atoms in total. The van der Waals surface area contributed by atoms with Crippen LogP contribution >= 0.6 is 11.6 Å². The molecule has 0 aliphatic heterocycles. The summed E-state index contributed by atoms with van der Waals surface area (Å²) in [6.07, 6.45) is -5.28. The van der Waals surface area contributed by atoms with Gasteiger partial charge in [0.15, 0.2) is 0 Å². The van der Waals surface area contributed by atoms with Gasteiger partial charge in [-0.15, -0.1) is 0 Å². The second kappa shape index (κ2) is 6.37. The highest BCUT2D eigenvalue weighted by atomic mass is 35.5. The third-order valence-corrected chi connectivity index (χ3v) is 3.18. The molecule has 0 spiro atoms. The van der Waals surface area contributed by atoms with E-state index >= 15 is 0 Å². The number of anilines is 1. The highest BCUT2D eigenvalue weighted by Crippen LogP contribution is 2.30. The Balaban J connectivity index is 1.99. The molecule has 2 aromatic rings. The van der Waals surface area contributed by atoms with Crippen molar-refractivity contribution in [3.63, 3.8) is 0 Å². The van der Waals surface area contributed by atoms with Gasteiger partial charge in [-0.1, -0.05) is 29.8 Å². The first kappa shape index (κ1) is 15.7. The molecular weight excluding hydrogens is 303 g/mol. The van der Waals surface area contributed by atoms with Gasteiger partial charge in [0, 0.05) is 17.3 Å². The summed E-state index contributed by atoms with van der Waals surface area (Å²) in [5.41, 5.74) is 0.409. The van der Waals surface area contributed by atoms with Crippen LogP contribution in [0.3, 0.4) is 0 Å². The maximum Gasteiger partial charge on any atom is 0.416 e. The zero-order valence-electron chi connectivity index (χ0n) is 10.9. The van der Waals surface area contributed by atoms with Crippen LogP contribution in [0, 0.1) is 0 Å². The predicted octanol–water partition coefficient (Wildman–Crippen LogP) is 4.50. The number of hydrogen-bond donors (Lipinski definition) is 2. The van der Waals surface area contributed by atoms with E-state index in [1.54, 1.807) is 24.3 Å². The van der Waals surface area contributed by atoms with E-state index in [9.17, 15) is 18.3 Å². The molecule has 0 amide bonds. The molecule has 1 unspecified atom stereocenters. The van der Waals surface area contributed by atoms with Crippen LogP contribution in [0.1, 0.15) is 17.2 Å². The van der Waals surface area contributed by atoms with E-state index in [2.05, 4.69) is 5.32 Å². The normalized spacial score (nSPS) is 13.0. The molecule has 1 atom stereocenters. The molecule has 0 aliphatic rings. The van der Waals surface area contributed by atoms with Crippen molar-refractivity contribution in [2.45, 2.75) is 12.3 Å². The molecule has 6 heteroatoms. The van der Waals surface area contributed by atoms with Gasteiger partial charge in [0.25, 0.3) is 0 Å². The highest BCUT2D eigenvalue weighted by Gasteiger charge is 2.30. The summed E-state index contributed by atoms with van der Waals surface area (Å²) >= 11 is 5.83. The molecule has 0 saturated heterocycles. The number of hydrogen-bond acceptors (Lipinski definition) is 2. The Morgan fingerprint density at radius 2 is 1.76 bits per heavy atom. The van der Waals surface area contributed by atoms with Crippen molar-refractivity contribution in [3.8, 4) is 0 Å². The lowest BCUT2D eigenvalue weighted by Crippen LogP contribution is -2.12. The molecule has 21 heavy (non-hydrogen) atoms. The average molecular weight is 316 g/mol. The third-order valence-electron chi connectivity index (χ3n) is 2.95. The Labute approximate surface area is 125 Å². The smallest absolute Gasteiger partial charge is 0.387 e. The van der Waals surface area contributed by atoms with Gasteiger partial charge in [-0.25, -0.2) is 0 Å². The fourth-order valence-electron chi connectivity index (χ4n) is 1.83. The SMILES string of the molecule is OC(CNc1cccc(Cl)c1)c1ccc(C(F)(F)F)cc1. The second-order valence-electron chi connectivity index (χ2n) is 4.53. The highest BCUT2D eigenvalue weighted by molar-refractivity contribution is 6.30. The van der Waals surface area contributed by atoms with Gasteiger partial charge in [-0.3, -0.25) is 0 Å². The lowest BCUT2D eigenvalue weighted by atomic mass is 10.1. The Kier molecular flexibility index (Phi) is 4.75. The molecule has 0 bridgehead atoms. The van der Waals surface area contributed by atoms with Crippen molar-refractivity contribution < 1.29 is 18.3 Å². The van der Waals surface area contributed by atoms with E-state index in [1.165, 1.54) is 12.1 Å². The largest absolute Gasteiger partial charge is 0.416 e. The van der Waals surface area contributed by atoms with E-state index in [-0.39, 0.29) is 6.54 Å². The molecule has 0 radical (unpaired) electrons. The van der Waals surface area contributed by atoms with E-state index in [0.29, 0.717) is 10.6 Å². The summed E-state index contributed by atoms with van der Waals surface area (Å²) in [6, 6.07) is 11.4. The second-order valence-corrected chi connectivity index (χ2v) is 4.96. The first-order valence-corrected chi connectivity index (χ1v) is 6.59. The minimum atomic E-state index is -4.37. The van der Waals surface area contributed by atoms with E-state index in [0.717, 1.165) is 17.8 Å². The molecule has 2 N–H and O–H groups in total. The van der Waals surface area contributed by atoms with Crippen molar-refractivity contribution in [2.24, 2.45) is 0 Å². The van der Waals surface area contributed by atoms with Gasteiger partial charge in [-0.05, 0) is 35.9 Å². The first-order valence-electron chi connectivity index (χ1n) is 6.21. The van der Waals surface area contributed by atoms with Crippen molar-refractivity contribution in [1.82, 2.24) is 0 Å². The lowest BCUT2D eigenvalue weighted by molar-refractivity contribution is -0.137. The van der Waals surface area contributed by atoms with E-state index in [1.807, 2.05) is 0 Å². The molecule has 2 aromatic carbocycles. The minimum absolute atomic E-state index is 0.172. The molecule has 0 fully saturated rings. The maximum atomic E-state index is 12.4. The van der Waals surface area contributed by atoms with Gasteiger partial charge in [-0.2, -0.15) is 13.2 Å². The summed E-state index contributed by atoms with van der Waals surface area (Å²) < 4.78 is 37.3. The monoisotopic (exact) mass is 315 g/mol. The van der Waals surface area contributed by atoms with Crippen LogP contribution in [0.25, 0.3) is 0 Å². The van der Waals surface area contributed by atoms with Crippen LogP contribution in [0.15, 0.2) is 48.5 Å². The zero-order valence-corrected chi connectivity index (χ0v) is 11.6. The minimum Gasteiger partial charge on any atom is -0.387 e. The molecular formula is C15H13ClF3NO. The van der Waals surface area contributed by atoms with Crippen molar-refractivity contribution in [3.05, 3.63) is 64.7 Å². The number of halogens is 4. The Morgan fingerprint density at radius 3 is 2.33 bits per heavy atom. The number of alkyl halides is 3. The van der Waals surface area contributed by atoms with Crippen molar-refractivity contribution >= 4 is 17.3 Å². The summed E-state index contributed by atoms with van der Waals surface area (Å²) in [7, 11) is 0. The average Bonchev–Trinajstić information content (AvgIpc) is 2.44. The first-order chi connectivity index (χ1) is 9.86. The summed E-state index contributed by atoms with van der Waals surface area (Å²) in [6.45, 7) is 0.172. The number of benzene rings is 2. The topological polar surface area (TPSA) is 32.3 Å². The third kappa shape index (κ3) is 4.37. The van der Waals surface area contributed by atoms with Crippen LogP contribution in [0.2, 0.25) is 5.02 Å². The van der Waals surface area contributed by atoms with Crippen molar-refractivity contribution in [2.75, 3.05) is 11.9 Å². The van der Waals surface area contributed by atoms with Gasteiger partial charge >= 0.3 is 6.18 Å². The van der Waals surface area contributed by atoms with Crippen LogP contribution in [0.4, 0.5) is 18.9 Å². The van der Waals surface area contributed by atoms with Crippen LogP contribution in [0.5, 0.6) is 0 Å². The van der Waals surface area contributed by atoms with Gasteiger partial charge < -0.3 is 10.4 Å². The van der Waals surface area contributed by atoms with E-state index in [4.69, 9.17) is 11.6 Å². The molecule has 0 aliphatic carbocycles. The number of nitrogens with one attached hydrogen (secondary N) is 1. The summed E-state index contributed by atoms with van der Waals surface area (Å²) in [5, 5.41) is 13.5. The summed E-state index contributed by atoms with van der Waals surface area (Å²) in [5.74, 6) is 0. The molecule has 112 valence electrons. The van der Waals surface area contributed by atoms with Crippen molar-refractivity contribution in [1.29, 1.82) is 0 Å². The summed E-state index contributed by atoms with van der Waals surface area (Å²) in [4.78, 5) is 0. The van der Waals surface area contributed by atoms with Gasteiger partial charge in [0.1, 0.15) is 0 Å². The standard InChI is InChI=1S/C15H13ClF3NO/c16-12-2-1-3-13(8-12)20-9-14(21)10-4-6-11(7-5-10)15(17,18)19/h1-8,14,20-21H,9H2. The predicted molar refractivity (Wildman–Crippen MR) is 76.3 cm³/mol. The maximum absolute atomic E-state index is 12.4. The Hall–Kier alpha value is -1.72. The molecule has 0 heterocycles. The quantitative estimate of drug-likeness (QED) is 0.870. The van der Waals surface area contributed by atoms with Gasteiger partial charge in [0.2, 0.25) is 0 Å².